The van der Waals surface area contributed by atoms with Gasteiger partial charge < -0.3 is 4.74 Å². The molecule has 0 saturated heterocycles. The zero-order chi connectivity index (χ0) is 14.5. The summed E-state index contributed by atoms with van der Waals surface area (Å²) < 4.78 is 4.91. The molecule has 0 aliphatic rings. The second-order valence-electron chi connectivity index (χ2n) is 4.14. The molecule has 0 aliphatic carbocycles. The van der Waals surface area contributed by atoms with Gasteiger partial charge in [0.2, 0.25) is 0 Å². The molecule has 0 heterocycles. The molecule has 0 N–H and O–H groups in total. The van der Waals surface area contributed by atoms with E-state index in [2.05, 4.69) is 0 Å². The number of fused-ring (bicyclic) bond motifs is 1. The van der Waals surface area contributed by atoms with E-state index in [4.69, 9.17) is 21.6 Å². The van der Waals surface area contributed by atoms with Crippen molar-refractivity contribution in [1.29, 1.82) is 5.26 Å². The Hall–Kier alpha value is -1.70. The fraction of sp³-hybridized carbons (Fsp3) is 0.200. The van der Waals surface area contributed by atoms with Crippen molar-refractivity contribution in [1.82, 2.24) is 0 Å². The predicted molar refractivity (Wildman–Crippen MR) is 80.8 cm³/mol. The second kappa shape index (κ2) is 6.65. The lowest BCUT2D eigenvalue weighted by atomic mass is 10.1. The average molecular weight is 306 g/mol. The van der Waals surface area contributed by atoms with Crippen LogP contribution < -0.4 is 0 Å². The van der Waals surface area contributed by atoms with Gasteiger partial charge >= 0.3 is 5.97 Å². The van der Waals surface area contributed by atoms with Gasteiger partial charge in [0, 0.05) is 15.3 Å². The maximum absolute atomic E-state index is 11.6. The van der Waals surface area contributed by atoms with Crippen molar-refractivity contribution < 1.29 is 9.53 Å². The molecule has 0 amide bonds. The van der Waals surface area contributed by atoms with Crippen LogP contribution >= 0.6 is 23.4 Å². The van der Waals surface area contributed by atoms with Crippen LogP contribution in [0.3, 0.4) is 0 Å². The molecule has 0 unspecified atom stereocenters. The Kier molecular flexibility index (Phi) is 4.89. The summed E-state index contributed by atoms with van der Waals surface area (Å²) in [5.41, 5.74) is 0. The van der Waals surface area contributed by atoms with E-state index in [1.54, 1.807) is 0 Å². The fourth-order valence-electron chi connectivity index (χ4n) is 1.78. The van der Waals surface area contributed by atoms with Gasteiger partial charge in [-0.25, -0.2) is 0 Å². The summed E-state index contributed by atoms with van der Waals surface area (Å²) in [5.74, 6) is -0.260. The number of thioether (sulfide) groups is 1. The van der Waals surface area contributed by atoms with Gasteiger partial charge in [-0.2, -0.15) is 5.26 Å². The molecule has 0 saturated carbocycles. The van der Waals surface area contributed by atoms with Gasteiger partial charge in [0.15, 0.2) is 6.10 Å². The van der Waals surface area contributed by atoms with E-state index in [1.807, 2.05) is 42.5 Å². The second-order valence-corrected chi connectivity index (χ2v) is 5.57. The normalized spacial score (nSPS) is 11.8. The van der Waals surface area contributed by atoms with Crippen molar-refractivity contribution in [3.63, 3.8) is 0 Å². The number of ether oxygens (including phenoxy) is 1. The largest absolute Gasteiger partial charge is 0.447 e. The zero-order valence-electron chi connectivity index (χ0n) is 10.8. The lowest BCUT2D eigenvalue weighted by Crippen LogP contribution is -2.14. The molecule has 0 fully saturated rings. The number of rotatable bonds is 4. The first-order valence-electron chi connectivity index (χ1n) is 6.01. The van der Waals surface area contributed by atoms with E-state index in [9.17, 15) is 4.79 Å². The molecule has 0 aliphatic heterocycles. The van der Waals surface area contributed by atoms with Gasteiger partial charge in [-0.1, -0.05) is 35.9 Å². The number of esters is 1. The Labute approximate surface area is 126 Å². The van der Waals surface area contributed by atoms with Crippen molar-refractivity contribution in [2.45, 2.75) is 17.9 Å². The molecule has 1 atom stereocenters. The number of benzene rings is 2. The van der Waals surface area contributed by atoms with Crippen LogP contribution in [0.4, 0.5) is 0 Å². The smallest absolute Gasteiger partial charge is 0.317 e. The first kappa shape index (κ1) is 14.7. The third-order valence-corrected chi connectivity index (χ3v) is 4.00. The van der Waals surface area contributed by atoms with Crippen LogP contribution in [-0.4, -0.2) is 17.8 Å². The van der Waals surface area contributed by atoms with Crippen LogP contribution in [0.2, 0.25) is 5.02 Å². The molecule has 0 bridgehead atoms. The van der Waals surface area contributed by atoms with Crippen LogP contribution in [0.15, 0.2) is 41.3 Å². The average Bonchev–Trinajstić information content (AvgIpc) is 2.45. The molecule has 0 spiro atoms. The summed E-state index contributed by atoms with van der Waals surface area (Å²) in [6.07, 6.45) is -0.723. The van der Waals surface area contributed by atoms with E-state index in [1.165, 1.54) is 18.7 Å². The topological polar surface area (TPSA) is 50.1 Å². The maximum Gasteiger partial charge on any atom is 0.317 e. The highest BCUT2D eigenvalue weighted by molar-refractivity contribution is 8.00. The zero-order valence-corrected chi connectivity index (χ0v) is 12.4. The van der Waals surface area contributed by atoms with Crippen LogP contribution in [-0.2, 0) is 9.53 Å². The summed E-state index contributed by atoms with van der Waals surface area (Å²) in [5, 5.41) is 11.2. The van der Waals surface area contributed by atoms with Crippen LogP contribution in [0.5, 0.6) is 0 Å². The van der Waals surface area contributed by atoms with Gasteiger partial charge in [0.25, 0.3) is 0 Å². The number of halogens is 1. The summed E-state index contributed by atoms with van der Waals surface area (Å²) in [6, 6.07) is 13.4. The Morgan fingerprint density at radius 3 is 2.80 bits per heavy atom. The molecule has 2 aromatic carbocycles. The minimum Gasteiger partial charge on any atom is -0.447 e. The summed E-state index contributed by atoms with van der Waals surface area (Å²) in [4.78, 5) is 12.5. The number of hydrogen-bond donors (Lipinski definition) is 0. The highest BCUT2D eigenvalue weighted by Gasteiger charge is 2.11. The van der Waals surface area contributed by atoms with Crippen molar-refractivity contribution in [2.75, 3.05) is 5.75 Å². The minimum absolute atomic E-state index is 0.149. The molecule has 2 rings (SSSR count). The highest BCUT2D eigenvalue weighted by atomic mass is 35.5. The summed E-state index contributed by atoms with van der Waals surface area (Å²) >= 11 is 7.57. The predicted octanol–water partition coefficient (Wildman–Crippen LogP) is 4.04. The monoisotopic (exact) mass is 305 g/mol. The van der Waals surface area contributed by atoms with Gasteiger partial charge in [0.05, 0.1) is 5.75 Å². The van der Waals surface area contributed by atoms with Crippen molar-refractivity contribution >= 4 is 40.1 Å². The first-order chi connectivity index (χ1) is 9.61. The van der Waals surface area contributed by atoms with Crippen LogP contribution in [0.1, 0.15) is 6.92 Å². The molecule has 20 heavy (non-hydrogen) atoms. The van der Waals surface area contributed by atoms with Crippen LogP contribution in [0.25, 0.3) is 10.8 Å². The number of nitriles is 1. The number of carbonyl (C=O) groups is 1. The van der Waals surface area contributed by atoms with E-state index < -0.39 is 12.1 Å². The molecule has 0 radical (unpaired) electrons. The molecule has 2 aromatic rings. The lowest BCUT2D eigenvalue weighted by molar-refractivity contribution is -0.142. The quantitative estimate of drug-likeness (QED) is 0.632. The third kappa shape index (κ3) is 3.44. The van der Waals surface area contributed by atoms with Crippen molar-refractivity contribution in [2.24, 2.45) is 0 Å². The molecular weight excluding hydrogens is 294 g/mol. The molecule has 3 nitrogen and oxygen atoms in total. The Balaban J connectivity index is 2.15. The SMILES string of the molecule is C[C@H](C#N)OC(=O)CSc1cccc2cccc(Cl)c12. The molecule has 5 heteroatoms. The number of nitrogens with zero attached hydrogens (tertiary/aromatic N) is 1. The molecule has 102 valence electrons. The van der Waals surface area contributed by atoms with Crippen molar-refractivity contribution in [3.05, 3.63) is 41.4 Å². The summed E-state index contributed by atoms with van der Waals surface area (Å²) in [7, 11) is 0. The van der Waals surface area contributed by atoms with Crippen LogP contribution in [0, 0.1) is 11.3 Å². The fourth-order valence-corrected chi connectivity index (χ4v) is 3.00. The third-order valence-electron chi connectivity index (χ3n) is 2.65. The number of hydrogen-bond acceptors (Lipinski definition) is 4. The Morgan fingerprint density at radius 1 is 1.40 bits per heavy atom. The first-order valence-corrected chi connectivity index (χ1v) is 7.37. The Bertz CT molecular complexity index is 676. The minimum atomic E-state index is -0.723. The molecular formula is C15H12ClNO2S. The number of carbonyl (C=O) groups excluding carboxylic acids is 1. The molecule has 0 aromatic heterocycles. The van der Waals surface area contributed by atoms with Gasteiger partial charge in [0.1, 0.15) is 6.07 Å². The van der Waals surface area contributed by atoms with Gasteiger partial charge in [-0.15, -0.1) is 11.8 Å². The standard InChI is InChI=1S/C15H12ClNO2S/c1-10(8-17)19-14(18)9-20-13-7-3-5-11-4-2-6-12(16)15(11)13/h2-7,10H,9H2,1H3/t10-/m1/s1. The highest BCUT2D eigenvalue weighted by Crippen LogP contribution is 2.33. The van der Waals surface area contributed by atoms with E-state index in [-0.39, 0.29) is 5.75 Å². The van der Waals surface area contributed by atoms with E-state index in [0.717, 1.165) is 15.7 Å². The lowest BCUT2D eigenvalue weighted by Gasteiger charge is -2.09. The maximum atomic E-state index is 11.6. The van der Waals surface area contributed by atoms with E-state index in [0.29, 0.717) is 5.02 Å². The van der Waals surface area contributed by atoms with Crippen molar-refractivity contribution in [3.8, 4) is 6.07 Å². The van der Waals surface area contributed by atoms with Gasteiger partial charge in [-0.3, -0.25) is 4.79 Å². The van der Waals surface area contributed by atoms with Gasteiger partial charge in [-0.05, 0) is 24.4 Å². The van der Waals surface area contributed by atoms with E-state index >= 15 is 0 Å². The Morgan fingerprint density at radius 2 is 2.10 bits per heavy atom. The summed E-state index contributed by atoms with van der Waals surface area (Å²) in [6.45, 7) is 1.54.